The number of sulfonamides is 1. The molecule has 1 fully saturated rings. The van der Waals surface area contributed by atoms with Crippen molar-refractivity contribution in [3.8, 4) is 17.2 Å². The molecule has 8 nitrogen and oxygen atoms in total. The third kappa shape index (κ3) is 5.34. The first kappa shape index (κ1) is 23.9. The molecule has 1 aliphatic heterocycles. The maximum Gasteiger partial charge on any atom is 0.247 e. The predicted octanol–water partition coefficient (Wildman–Crippen LogP) is 2.57. The summed E-state index contributed by atoms with van der Waals surface area (Å²) < 4.78 is 43.8. The zero-order chi connectivity index (χ0) is 23.1. The fourth-order valence-corrected chi connectivity index (χ4v) is 5.30. The summed E-state index contributed by atoms with van der Waals surface area (Å²) in [5.74, 6) is 1.50. The summed E-state index contributed by atoms with van der Waals surface area (Å²) >= 11 is 0. The second-order valence-corrected chi connectivity index (χ2v) is 9.25. The molecule has 3 rings (SSSR count). The number of aryl methyl sites for hydroxylation is 1. The van der Waals surface area contributed by atoms with Crippen LogP contribution in [0, 0.1) is 0 Å². The highest BCUT2D eigenvalue weighted by atomic mass is 32.2. The molecule has 0 radical (unpaired) electrons. The molecule has 2 aromatic carbocycles. The van der Waals surface area contributed by atoms with E-state index in [1.54, 1.807) is 17.0 Å². The van der Waals surface area contributed by atoms with Crippen molar-refractivity contribution in [1.29, 1.82) is 0 Å². The average Bonchev–Trinajstić information content (AvgIpc) is 2.83. The Balaban J connectivity index is 1.62. The highest BCUT2D eigenvalue weighted by Crippen LogP contribution is 2.31. The van der Waals surface area contributed by atoms with Crippen molar-refractivity contribution in [2.24, 2.45) is 0 Å². The number of para-hydroxylation sites is 1. The lowest BCUT2D eigenvalue weighted by atomic mass is 10.1. The summed E-state index contributed by atoms with van der Waals surface area (Å²) in [6.07, 6.45) is 0.926. The van der Waals surface area contributed by atoms with Crippen LogP contribution in [0.4, 0.5) is 0 Å². The van der Waals surface area contributed by atoms with E-state index in [0.29, 0.717) is 38.3 Å². The normalized spacial score (nSPS) is 14.8. The third-order valence-corrected chi connectivity index (χ3v) is 7.38. The number of ether oxygens (including phenoxy) is 3. The van der Waals surface area contributed by atoms with Gasteiger partial charge < -0.3 is 19.1 Å². The van der Waals surface area contributed by atoms with E-state index >= 15 is 0 Å². The zero-order valence-electron chi connectivity index (χ0n) is 18.7. The molecule has 0 atom stereocenters. The van der Waals surface area contributed by atoms with Gasteiger partial charge in [0.15, 0.2) is 0 Å². The Morgan fingerprint density at radius 2 is 1.69 bits per heavy atom. The van der Waals surface area contributed by atoms with Gasteiger partial charge in [-0.25, -0.2) is 8.42 Å². The first-order chi connectivity index (χ1) is 15.4. The average molecular weight is 463 g/mol. The number of hydrogen-bond acceptors (Lipinski definition) is 6. The van der Waals surface area contributed by atoms with Crippen LogP contribution in [0.25, 0.3) is 0 Å². The minimum atomic E-state index is -3.78. The van der Waals surface area contributed by atoms with Crippen molar-refractivity contribution >= 4 is 15.9 Å². The van der Waals surface area contributed by atoms with Crippen LogP contribution in [-0.2, 0) is 21.2 Å². The van der Waals surface area contributed by atoms with E-state index in [0.717, 1.165) is 11.3 Å². The highest BCUT2D eigenvalue weighted by Gasteiger charge is 2.32. The molecule has 0 saturated carbocycles. The molecular weight excluding hydrogens is 432 g/mol. The van der Waals surface area contributed by atoms with Crippen LogP contribution in [0.5, 0.6) is 17.2 Å². The molecule has 32 heavy (non-hydrogen) atoms. The lowest BCUT2D eigenvalue weighted by Gasteiger charge is -2.34. The Labute approximate surface area is 189 Å². The van der Waals surface area contributed by atoms with E-state index < -0.39 is 10.0 Å². The fraction of sp³-hybridized carbons (Fsp3) is 0.435. The molecule has 2 aromatic rings. The largest absolute Gasteiger partial charge is 0.497 e. The van der Waals surface area contributed by atoms with Crippen LogP contribution in [0.2, 0.25) is 0 Å². The van der Waals surface area contributed by atoms with Crippen LogP contribution in [0.1, 0.15) is 18.9 Å². The summed E-state index contributed by atoms with van der Waals surface area (Å²) in [6, 6.07) is 12.4. The second kappa shape index (κ2) is 10.7. The van der Waals surface area contributed by atoms with Crippen LogP contribution < -0.4 is 14.2 Å². The summed E-state index contributed by atoms with van der Waals surface area (Å²) in [4.78, 5) is 14.5. The van der Waals surface area contributed by atoms with E-state index in [2.05, 4.69) is 0 Å². The summed E-state index contributed by atoms with van der Waals surface area (Å²) in [6.45, 7) is 3.64. The number of carbonyl (C=O) groups is 1. The zero-order valence-corrected chi connectivity index (χ0v) is 19.6. The van der Waals surface area contributed by atoms with Crippen molar-refractivity contribution in [2.75, 3.05) is 47.0 Å². The van der Waals surface area contributed by atoms with Crippen molar-refractivity contribution in [3.05, 3.63) is 48.0 Å². The summed E-state index contributed by atoms with van der Waals surface area (Å²) in [7, 11) is -0.867. The molecule has 0 aliphatic carbocycles. The van der Waals surface area contributed by atoms with Gasteiger partial charge in [-0.05, 0) is 37.1 Å². The quantitative estimate of drug-likeness (QED) is 0.569. The molecule has 0 N–H and O–H groups in total. The predicted molar refractivity (Wildman–Crippen MR) is 121 cm³/mol. The molecule has 0 spiro atoms. The number of piperazine rings is 1. The number of rotatable bonds is 9. The Hall–Kier alpha value is -2.78. The number of carbonyl (C=O) groups excluding carboxylic acids is 1. The first-order valence-corrected chi connectivity index (χ1v) is 12.0. The summed E-state index contributed by atoms with van der Waals surface area (Å²) in [5, 5.41) is 0. The van der Waals surface area contributed by atoms with Crippen molar-refractivity contribution < 1.29 is 27.4 Å². The van der Waals surface area contributed by atoms with Gasteiger partial charge in [-0.15, -0.1) is 0 Å². The molecule has 0 bridgehead atoms. The van der Waals surface area contributed by atoms with Gasteiger partial charge >= 0.3 is 0 Å². The van der Waals surface area contributed by atoms with Gasteiger partial charge in [0, 0.05) is 38.7 Å². The van der Waals surface area contributed by atoms with Gasteiger partial charge in [0.2, 0.25) is 15.9 Å². The molecule has 174 valence electrons. The Kier molecular flexibility index (Phi) is 7.98. The second-order valence-electron chi connectivity index (χ2n) is 7.34. The van der Waals surface area contributed by atoms with Gasteiger partial charge in [-0.1, -0.05) is 18.2 Å². The van der Waals surface area contributed by atoms with Crippen LogP contribution in [0.3, 0.4) is 0 Å². The number of nitrogens with zero attached hydrogens (tertiary/aromatic N) is 2. The number of methoxy groups -OCH3 is 2. The van der Waals surface area contributed by atoms with Gasteiger partial charge in [0.25, 0.3) is 0 Å². The minimum Gasteiger partial charge on any atom is -0.497 e. The van der Waals surface area contributed by atoms with Crippen molar-refractivity contribution in [1.82, 2.24) is 9.21 Å². The molecule has 9 heteroatoms. The third-order valence-electron chi connectivity index (χ3n) is 5.46. The van der Waals surface area contributed by atoms with E-state index in [1.165, 1.54) is 24.6 Å². The van der Waals surface area contributed by atoms with Crippen molar-refractivity contribution in [3.63, 3.8) is 0 Å². The standard InChI is InChI=1S/C23H30N2O6S/c1-4-31-20-8-6-5-7-18(20)9-12-23(26)24-13-15-25(16-14-24)32(27,28)22-17-19(29-2)10-11-21(22)30-3/h5-8,10-11,17H,4,9,12-16H2,1-3H3. The van der Waals surface area contributed by atoms with Crippen LogP contribution in [0.15, 0.2) is 47.4 Å². The maximum absolute atomic E-state index is 13.2. The summed E-state index contributed by atoms with van der Waals surface area (Å²) in [5.41, 5.74) is 0.994. The van der Waals surface area contributed by atoms with E-state index in [1.807, 2.05) is 31.2 Å². The Morgan fingerprint density at radius 3 is 2.34 bits per heavy atom. The van der Waals surface area contributed by atoms with Crippen molar-refractivity contribution in [2.45, 2.75) is 24.7 Å². The van der Waals surface area contributed by atoms with Gasteiger partial charge in [-0.3, -0.25) is 4.79 Å². The fourth-order valence-electron chi connectivity index (χ4n) is 3.71. The van der Waals surface area contributed by atoms with Gasteiger partial charge in [0.1, 0.15) is 22.1 Å². The Morgan fingerprint density at radius 1 is 0.969 bits per heavy atom. The molecule has 0 unspecified atom stereocenters. The van der Waals surface area contributed by atoms with Gasteiger partial charge in [-0.2, -0.15) is 4.31 Å². The molecular formula is C23H30N2O6S. The monoisotopic (exact) mass is 462 g/mol. The van der Waals surface area contributed by atoms with Crippen LogP contribution in [-0.4, -0.2) is 70.5 Å². The minimum absolute atomic E-state index is 0.00677. The maximum atomic E-state index is 13.2. The topological polar surface area (TPSA) is 85.4 Å². The van der Waals surface area contributed by atoms with Crippen LogP contribution >= 0.6 is 0 Å². The smallest absolute Gasteiger partial charge is 0.247 e. The van der Waals surface area contributed by atoms with E-state index in [-0.39, 0.29) is 29.6 Å². The molecule has 1 heterocycles. The number of benzene rings is 2. The molecule has 1 aliphatic rings. The Bertz CT molecular complexity index is 1030. The number of hydrogen-bond donors (Lipinski definition) is 0. The lowest BCUT2D eigenvalue weighted by molar-refractivity contribution is -0.132. The molecule has 0 aromatic heterocycles. The van der Waals surface area contributed by atoms with E-state index in [9.17, 15) is 13.2 Å². The lowest BCUT2D eigenvalue weighted by Crippen LogP contribution is -2.50. The molecule has 1 amide bonds. The molecule has 1 saturated heterocycles. The highest BCUT2D eigenvalue weighted by molar-refractivity contribution is 7.89. The van der Waals surface area contributed by atoms with E-state index in [4.69, 9.17) is 14.2 Å². The van der Waals surface area contributed by atoms with Gasteiger partial charge in [0.05, 0.1) is 20.8 Å². The SMILES string of the molecule is CCOc1ccccc1CCC(=O)N1CCN(S(=O)(=O)c2cc(OC)ccc2OC)CC1. The first-order valence-electron chi connectivity index (χ1n) is 10.6. The number of amides is 1.